The third-order valence-corrected chi connectivity index (χ3v) is 5.49. The van der Waals surface area contributed by atoms with Gasteiger partial charge in [0, 0.05) is 11.8 Å². The SMILES string of the molecule is CC12CCC(C1)C(C)(C)C2/N=C/c1ccccc1O. The van der Waals surface area contributed by atoms with Crippen LogP contribution < -0.4 is 0 Å². The molecule has 2 fully saturated rings. The topological polar surface area (TPSA) is 32.6 Å². The summed E-state index contributed by atoms with van der Waals surface area (Å²) in [6.07, 6.45) is 5.83. The van der Waals surface area contributed by atoms with Crippen LogP contribution in [0.5, 0.6) is 5.75 Å². The lowest BCUT2D eigenvalue weighted by Crippen LogP contribution is -2.39. The van der Waals surface area contributed by atoms with Gasteiger partial charge in [-0.3, -0.25) is 4.99 Å². The molecule has 3 unspecified atom stereocenters. The van der Waals surface area contributed by atoms with Crippen LogP contribution in [0.4, 0.5) is 0 Å². The minimum atomic E-state index is 0.286. The summed E-state index contributed by atoms with van der Waals surface area (Å²) in [5, 5.41) is 9.82. The van der Waals surface area contributed by atoms with Crippen molar-refractivity contribution in [3.63, 3.8) is 0 Å². The maximum absolute atomic E-state index is 9.82. The summed E-state index contributed by atoms with van der Waals surface area (Å²) >= 11 is 0. The smallest absolute Gasteiger partial charge is 0.124 e. The third-order valence-electron chi connectivity index (χ3n) is 5.49. The summed E-state index contributed by atoms with van der Waals surface area (Å²) in [5.74, 6) is 1.13. The molecule has 3 rings (SSSR count). The molecule has 2 aliphatic rings. The van der Waals surface area contributed by atoms with Crippen LogP contribution in [-0.4, -0.2) is 17.4 Å². The van der Waals surface area contributed by atoms with Gasteiger partial charge in [-0.15, -0.1) is 0 Å². The van der Waals surface area contributed by atoms with Gasteiger partial charge >= 0.3 is 0 Å². The summed E-state index contributed by atoms with van der Waals surface area (Å²) in [6, 6.07) is 7.79. The van der Waals surface area contributed by atoms with Crippen molar-refractivity contribution in [3.05, 3.63) is 29.8 Å². The van der Waals surface area contributed by atoms with Crippen LogP contribution in [0.1, 0.15) is 45.6 Å². The second-order valence-corrected chi connectivity index (χ2v) is 7.15. The largest absolute Gasteiger partial charge is 0.507 e. The van der Waals surface area contributed by atoms with E-state index in [1.54, 1.807) is 6.07 Å². The van der Waals surface area contributed by atoms with Gasteiger partial charge < -0.3 is 5.11 Å². The van der Waals surface area contributed by atoms with E-state index in [0.29, 0.717) is 17.2 Å². The molecule has 0 aromatic heterocycles. The van der Waals surface area contributed by atoms with Gasteiger partial charge in [0.1, 0.15) is 5.75 Å². The number of hydrogen-bond acceptors (Lipinski definition) is 2. The fraction of sp³-hybridized carbons (Fsp3) is 0.588. The highest BCUT2D eigenvalue weighted by Crippen LogP contribution is 2.63. The molecule has 2 nitrogen and oxygen atoms in total. The fourth-order valence-corrected chi connectivity index (χ4v) is 4.40. The van der Waals surface area contributed by atoms with Gasteiger partial charge in [-0.1, -0.05) is 32.9 Å². The number of aliphatic imine (C=N–C) groups is 1. The number of benzene rings is 1. The quantitative estimate of drug-likeness (QED) is 0.797. The van der Waals surface area contributed by atoms with Crippen molar-refractivity contribution in [2.75, 3.05) is 0 Å². The predicted molar refractivity (Wildman–Crippen MR) is 78.7 cm³/mol. The molecule has 2 saturated carbocycles. The summed E-state index contributed by atoms with van der Waals surface area (Å²) in [6.45, 7) is 7.10. The predicted octanol–water partition coefficient (Wildman–Crippen LogP) is 4.03. The van der Waals surface area contributed by atoms with Crippen LogP contribution in [0.3, 0.4) is 0 Å². The molecule has 1 N–H and O–H groups in total. The summed E-state index contributed by atoms with van der Waals surface area (Å²) < 4.78 is 0. The number of nitrogens with zero attached hydrogens (tertiary/aromatic N) is 1. The Kier molecular flexibility index (Phi) is 2.74. The fourth-order valence-electron chi connectivity index (χ4n) is 4.40. The first-order valence-electron chi connectivity index (χ1n) is 7.25. The van der Waals surface area contributed by atoms with E-state index < -0.39 is 0 Å². The Morgan fingerprint density at radius 3 is 2.63 bits per heavy atom. The zero-order valence-corrected chi connectivity index (χ0v) is 12.1. The molecule has 0 radical (unpaired) electrons. The Balaban J connectivity index is 1.89. The van der Waals surface area contributed by atoms with E-state index in [9.17, 15) is 5.11 Å². The first-order chi connectivity index (χ1) is 8.93. The second-order valence-electron chi connectivity index (χ2n) is 7.15. The van der Waals surface area contributed by atoms with Crippen molar-refractivity contribution >= 4 is 6.21 Å². The molecule has 0 aliphatic heterocycles. The maximum Gasteiger partial charge on any atom is 0.124 e. The Morgan fingerprint density at radius 2 is 2.00 bits per heavy atom. The summed E-state index contributed by atoms with van der Waals surface area (Å²) in [7, 11) is 0. The van der Waals surface area contributed by atoms with Gasteiger partial charge in [-0.25, -0.2) is 0 Å². The highest BCUT2D eigenvalue weighted by atomic mass is 16.3. The van der Waals surface area contributed by atoms with E-state index in [-0.39, 0.29) is 5.41 Å². The molecule has 1 aromatic rings. The zero-order chi connectivity index (χ0) is 13.7. The van der Waals surface area contributed by atoms with Crippen molar-refractivity contribution in [2.24, 2.45) is 21.7 Å². The number of hydrogen-bond donors (Lipinski definition) is 1. The molecule has 0 heterocycles. The van der Waals surface area contributed by atoms with Gasteiger partial charge in [-0.2, -0.15) is 0 Å². The number of phenols is 1. The lowest BCUT2D eigenvalue weighted by Gasteiger charge is -2.40. The summed E-state index contributed by atoms with van der Waals surface area (Å²) in [4.78, 5) is 4.88. The zero-order valence-electron chi connectivity index (χ0n) is 12.1. The maximum atomic E-state index is 9.82. The summed E-state index contributed by atoms with van der Waals surface area (Å²) in [5.41, 5.74) is 1.47. The third kappa shape index (κ3) is 1.89. The molecule has 1 aromatic carbocycles. The molecule has 2 bridgehead atoms. The van der Waals surface area contributed by atoms with Gasteiger partial charge in [0.2, 0.25) is 0 Å². The van der Waals surface area contributed by atoms with Gasteiger partial charge in [0.05, 0.1) is 6.04 Å². The molecule has 2 heteroatoms. The number of para-hydroxylation sites is 1. The number of aromatic hydroxyl groups is 1. The molecular weight excluding hydrogens is 234 g/mol. The van der Waals surface area contributed by atoms with Crippen molar-refractivity contribution in [1.29, 1.82) is 0 Å². The van der Waals surface area contributed by atoms with Crippen molar-refractivity contribution in [1.82, 2.24) is 0 Å². The van der Waals surface area contributed by atoms with E-state index in [0.717, 1.165) is 11.5 Å². The Hall–Kier alpha value is -1.31. The molecule has 19 heavy (non-hydrogen) atoms. The van der Waals surface area contributed by atoms with E-state index in [2.05, 4.69) is 20.8 Å². The second kappa shape index (κ2) is 4.09. The van der Waals surface area contributed by atoms with E-state index in [1.807, 2.05) is 24.4 Å². The van der Waals surface area contributed by atoms with Crippen LogP contribution in [0.25, 0.3) is 0 Å². The number of fused-ring (bicyclic) bond motifs is 2. The molecule has 2 aliphatic carbocycles. The average Bonchev–Trinajstić information content (AvgIpc) is 2.82. The van der Waals surface area contributed by atoms with Crippen LogP contribution in [0, 0.1) is 16.7 Å². The van der Waals surface area contributed by atoms with Crippen molar-refractivity contribution < 1.29 is 5.11 Å². The van der Waals surface area contributed by atoms with E-state index in [1.165, 1.54) is 19.3 Å². The van der Waals surface area contributed by atoms with E-state index in [4.69, 9.17) is 4.99 Å². The Morgan fingerprint density at radius 1 is 1.26 bits per heavy atom. The van der Waals surface area contributed by atoms with Crippen molar-refractivity contribution in [2.45, 2.75) is 46.1 Å². The first kappa shape index (κ1) is 12.7. The lowest BCUT2D eigenvalue weighted by molar-refractivity contribution is 0.143. The average molecular weight is 257 g/mol. The molecule has 0 spiro atoms. The molecule has 0 saturated heterocycles. The number of phenolic OH excluding ortho intramolecular Hbond substituents is 1. The van der Waals surface area contributed by atoms with Crippen molar-refractivity contribution in [3.8, 4) is 5.75 Å². The monoisotopic (exact) mass is 257 g/mol. The minimum Gasteiger partial charge on any atom is -0.507 e. The highest BCUT2D eigenvalue weighted by Gasteiger charge is 2.59. The molecule has 3 atom stereocenters. The van der Waals surface area contributed by atoms with Gasteiger partial charge in [0.25, 0.3) is 0 Å². The van der Waals surface area contributed by atoms with Crippen LogP contribution in [-0.2, 0) is 0 Å². The van der Waals surface area contributed by atoms with Crippen LogP contribution in [0.2, 0.25) is 0 Å². The molecule has 102 valence electrons. The standard InChI is InChI=1S/C17H23NO/c1-16(2)13-8-9-17(3,10-13)15(16)18-11-12-6-4-5-7-14(12)19/h4-7,11,13,15,19H,8-10H2,1-3H3/b18-11+. The van der Waals surface area contributed by atoms with Crippen LogP contribution >= 0.6 is 0 Å². The molecule has 0 amide bonds. The minimum absolute atomic E-state index is 0.286. The lowest BCUT2D eigenvalue weighted by atomic mass is 9.69. The number of rotatable bonds is 2. The van der Waals surface area contributed by atoms with Crippen LogP contribution in [0.15, 0.2) is 29.3 Å². The molecular formula is C17H23NO. The Labute approximate surface area is 115 Å². The highest BCUT2D eigenvalue weighted by molar-refractivity contribution is 5.83. The van der Waals surface area contributed by atoms with E-state index >= 15 is 0 Å². The Bertz CT molecular complexity index is 515. The first-order valence-corrected chi connectivity index (χ1v) is 7.25. The van der Waals surface area contributed by atoms with Gasteiger partial charge in [0.15, 0.2) is 0 Å². The normalized spacial score (nSPS) is 36.2. The van der Waals surface area contributed by atoms with Gasteiger partial charge in [-0.05, 0) is 48.1 Å².